The van der Waals surface area contributed by atoms with Crippen molar-refractivity contribution in [2.45, 2.75) is 20.3 Å². The van der Waals surface area contributed by atoms with Gasteiger partial charge in [0, 0.05) is 12.2 Å². The van der Waals surface area contributed by atoms with Gasteiger partial charge < -0.3 is 5.73 Å². The second-order valence-electron chi connectivity index (χ2n) is 3.57. The molecule has 1 rings (SSSR count). The van der Waals surface area contributed by atoms with Crippen molar-refractivity contribution in [3.8, 4) is 0 Å². The predicted molar refractivity (Wildman–Crippen MR) is 66.4 cm³/mol. The summed E-state index contributed by atoms with van der Waals surface area (Å²) in [5.74, 6) is 0. The molecule has 0 aliphatic carbocycles. The first-order chi connectivity index (χ1) is 7.44. The fraction of sp³-hybridized carbons (Fsp3) is 0.400. The van der Waals surface area contributed by atoms with E-state index in [4.69, 9.17) is 5.73 Å². The SMILES string of the molecule is CCCNS(=O)(=O)Nc1ccc(N)cc1C. The topological polar surface area (TPSA) is 84.2 Å². The van der Waals surface area contributed by atoms with Crippen LogP contribution in [-0.4, -0.2) is 15.0 Å². The second kappa shape index (κ2) is 5.18. The van der Waals surface area contributed by atoms with Gasteiger partial charge in [-0.05, 0) is 37.1 Å². The molecule has 0 aliphatic rings. The number of nitrogen functional groups attached to an aromatic ring is 1. The summed E-state index contributed by atoms with van der Waals surface area (Å²) < 4.78 is 28.0. The number of rotatable bonds is 5. The molecule has 90 valence electrons. The summed E-state index contributed by atoms with van der Waals surface area (Å²) >= 11 is 0. The van der Waals surface area contributed by atoms with Crippen LogP contribution in [-0.2, 0) is 10.2 Å². The van der Waals surface area contributed by atoms with Crippen LogP contribution in [0.4, 0.5) is 11.4 Å². The molecule has 0 saturated carbocycles. The van der Waals surface area contributed by atoms with Crippen molar-refractivity contribution in [2.24, 2.45) is 0 Å². The molecule has 0 unspecified atom stereocenters. The van der Waals surface area contributed by atoms with E-state index in [9.17, 15) is 8.42 Å². The Morgan fingerprint density at radius 2 is 2.06 bits per heavy atom. The van der Waals surface area contributed by atoms with E-state index < -0.39 is 10.2 Å². The van der Waals surface area contributed by atoms with Gasteiger partial charge in [-0.3, -0.25) is 4.72 Å². The number of benzene rings is 1. The molecule has 0 heterocycles. The van der Waals surface area contributed by atoms with Crippen LogP contribution in [0.2, 0.25) is 0 Å². The Labute approximate surface area is 96.2 Å². The summed E-state index contributed by atoms with van der Waals surface area (Å²) in [5, 5.41) is 0. The molecule has 6 heteroatoms. The zero-order valence-electron chi connectivity index (χ0n) is 9.45. The van der Waals surface area contributed by atoms with Gasteiger partial charge >= 0.3 is 0 Å². The van der Waals surface area contributed by atoms with Crippen LogP contribution in [0.3, 0.4) is 0 Å². The maximum Gasteiger partial charge on any atom is 0.299 e. The smallest absolute Gasteiger partial charge is 0.299 e. The molecule has 0 fully saturated rings. The van der Waals surface area contributed by atoms with Gasteiger partial charge in [-0.1, -0.05) is 6.92 Å². The standard InChI is InChI=1S/C10H17N3O2S/c1-3-6-12-16(14,15)13-10-5-4-9(11)7-8(10)2/h4-5,7,12-13H,3,6,11H2,1-2H3. The van der Waals surface area contributed by atoms with Crippen LogP contribution in [0.15, 0.2) is 18.2 Å². The molecule has 1 aromatic rings. The number of aryl methyl sites for hydroxylation is 1. The minimum atomic E-state index is -3.47. The zero-order valence-corrected chi connectivity index (χ0v) is 10.3. The third-order valence-corrected chi connectivity index (χ3v) is 3.11. The van der Waals surface area contributed by atoms with E-state index in [2.05, 4.69) is 9.44 Å². The van der Waals surface area contributed by atoms with Crippen molar-refractivity contribution in [1.82, 2.24) is 4.72 Å². The lowest BCUT2D eigenvalue weighted by molar-refractivity contribution is 0.586. The van der Waals surface area contributed by atoms with Crippen LogP contribution in [0.1, 0.15) is 18.9 Å². The molecule has 4 N–H and O–H groups in total. The lowest BCUT2D eigenvalue weighted by atomic mass is 10.2. The van der Waals surface area contributed by atoms with Gasteiger partial charge in [0.05, 0.1) is 5.69 Å². The van der Waals surface area contributed by atoms with Crippen LogP contribution < -0.4 is 15.2 Å². The normalized spacial score (nSPS) is 11.4. The number of nitrogens with one attached hydrogen (secondary N) is 2. The maximum absolute atomic E-state index is 11.5. The molecule has 0 saturated heterocycles. The van der Waals surface area contributed by atoms with E-state index >= 15 is 0 Å². The number of hydrogen-bond acceptors (Lipinski definition) is 3. The summed E-state index contributed by atoms with van der Waals surface area (Å²) in [6.07, 6.45) is 0.752. The van der Waals surface area contributed by atoms with Gasteiger partial charge in [-0.25, -0.2) is 0 Å². The van der Waals surface area contributed by atoms with Crippen molar-refractivity contribution in [3.63, 3.8) is 0 Å². The van der Waals surface area contributed by atoms with Crippen molar-refractivity contribution in [2.75, 3.05) is 17.0 Å². The highest BCUT2D eigenvalue weighted by Gasteiger charge is 2.09. The Balaban J connectivity index is 2.80. The first kappa shape index (κ1) is 12.8. The zero-order chi connectivity index (χ0) is 12.2. The molecular formula is C10H17N3O2S. The fourth-order valence-electron chi connectivity index (χ4n) is 1.22. The van der Waals surface area contributed by atoms with E-state index in [0.717, 1.165) is 12.0 Å². The Bertz CT molecular complexity index is 457. The highest BCUT2D eigenvalue weighted by atomic mass is 32.2. The van der Waals surface area contributed by atoms with Gasteiger partial charge in [0.1, 0.15) is 0 Å². The van der Waals surface area contributed by atoms with Gasteiger partial charge in [-0.15, -0.1) is 0 Å². The lowest BCUT2D eigenvalue weighted by Crippen LogP contribution is -2.30. The molecule has 0 bridgehead atoms. The largest absolute Gasteiger partial charge is 0.399 e. The molecule has 16 heavy (non-hydrogen) atoms. The molecular weight excluding hydrogens is 226 g/mol. The fourth-order valence-corrected chi connectivity index (χ4v) is 2.28. The van der Waals surface area contributed by atoms with Crippen molar-refractivity contribution in [1.29, 1.82) is 0 Å². The third-order valence-electron chi connectivity index (χ3n) is 2.04. The summed E-state index contributed by atoms with van der Waals surface area (Å²) in [6.45, 7) is 4.12. The first-order valence-corrected chi connectivity index (χ1v) is 6.56. The molecule has 0 amide bonds. The highest BCUT2D eigenvalue weighted by Crippen LogP contribution is 2.18. The Kier molecular flexibility index (Phi) is 4.14. The minimum absolute atomic E-state index is 0.420. The Hall–Kier alpha value is -1.27. The van der Waals surface area contributed by atoms with Gasteiger partial charge in [0.25, 0.3) is 10.2 Å². The lowest BCUT2D eigenvalue weighted by Gasteiger charge is -2.11. The second-order valence-corrected chi connectivity index (χ2v) is 5.07. The molecule has 0 atom stereocenters. The molecule has 0 radical (unpaired) electrons. The van der Waals surface area contributed by atoms with Gasteiger partial charge in [0.2, 0.25) is 0 Å². The summed E-state index contributed by atoms with van der Waals surface area (Å²) in [4.78, 5) is 0. The maximum atomic E-state index is 11.5. The predicted octanol–water partition coefficient (Wildman–Crippen LogP) is 1.23. The summed E-state index contributed by atoms with van der Waals surface area (Å²) in [6, 6.07) is 5.03. The highest BCUT2D eigenvalue weighted by molar-refractivity contribution is 7.90. The number of nitrogens with two attached hydrogens (primary N) is 1. The van der Waals surface area contributed by atoms with E-state index in [1.807, 2.05) is 6.92 Å². The van der Waals surface area contributed by atoms with Crippen LogP contribution in [0, 0.1) is 6.92 Å². The Morgan fingerprint density at radius 3 is 2.62 bits per heavy atom. The van der Waals surface area contributed by atoms with E-state index in [1.165, 1.54) is 0 Å². The molecule has 1 aromatic carbocycles. The van der Waals surface area contributed by atoms with E-state index in [1.54, 1.807) is 25.1 Å². The van der Waals surface area contributed by atoms with Crippen LogP contribution in [0.25, 0.3) is 0 Å². The van der Waals surface area contributed by atoms with E-state index in [0.29, 0.717) is 17.9 Å². The van der Waals surface area contributed by atoms with Crippen molar-refractivity contribution in [3.05, 3.63) is 23.8 Å². The van der Waals surface area contributed by atoms with Gasteiger partial charge in [0.15, 0.2) is 0 Å². The summed E-state index contributed by atoms with van der Waals surface area (Å²) in [5.41, 5.74) is 7.52. The summed E-state index contributed by atoms with van der Waals surface area (Å²) in [7, 11) is -3.47. The third kappa shape index (κ3) is 3.71. The number of hydrogen-bond donors (Lipinski definition) is 3. The molecule has 0 spiro atoms. The van der Waals surface area contributed by atoms with Crippen LogP contribution in [0.5, 0.6) is 0 Å². The monoisotopic (exact) mass is 243 g/mol. The molecule has 0 aromatic heterocycles. The minimum Gasteiger partial charge on any atom is -0.399 e. The average Bonchev–Trinajstić information content (AvgIpc) is 2.19. The number of anilines is 2. The van der Waals surface area contributed by atoms with Crippen molar-refractivity contribution >= 4 is 21.6 Å². The average molecular weight is 243 g/mol. The first-order valence-electron chi connectivity index (χ1n) is 5.08. The van der Waals surface area contributed by atoms with E-state index in [-0.39, 0.29) is 0 Å². The van der Waals surface area contributed by atoms with Crippen LogP contribution >= 0.6 is 0 Å². The molecule has 0 aliphatic heterocycles. The Morgan fingerprint density at radius 1 is 1.38 bits per heavy atom. The quantitative estimate of drug-likeness (QED) is 0.680. The van der Waals surface area contributed by atoms with Crippen molar-refractivity contribution < 1.29 is 8.42 Å². The van der Waals surface area contributed by atoms with Gasteiger partial charge in [-0.2, -0.15) is 13.1 Å². The molecule has 5 nitrogen and oxygen atoms in total.